The highest BCUT2D eigenvalue weighted by atomic mass is 16.5. The topological polar surface area (TPSA) is 76.1 Å². The normalized spacial score (nSPS) is 18.0. The number of ether oxygens (including phenoxy) is 2. The van der Waals surface area contributed by atoms with E-state index in [1.54, 1.807) is 24.3 Å². The molecule has 0 aliphatic carbocycles. The number of aliphatic hydroxyl groups excluding tert-OH is 1. The smallest absolute Gasteiger partial charge is 0.295 e. The molecular formula is C23H23NO5. The number of hydrogen-bond donors (Lipinski definition) is 1. The molecule has 6 heteroatoms. The Morgan fingerprint density at radius 3 is 2.34 bits per heavy atom. The summed E-state index contributed by atoms with van der Waals surface area (Å²) in [7, 11) is 2.99. The standard InChI is InChI=1S/C23H23NO5/c1-5-12-24-20(15-8-6-14(2)7-9-15)19(22(26)23(24)27)21(25)16-10-11-17(28-3)18(13-16)29-4/h5-11,13,20,25H,1,12H2,2-4H3/b21-19+. The highest BCUT2D eigenvalue weighted by molar-refractivity contribution is 6.46. The van der Waals surface area contributed by atoms with Crippen molar-refractivity contribution in [3.8, 4) is 11.5 Å². The number of aryl methyl sites for hydroxylation is 1. The summed E-state index contributed by atoms with van der Waals surface area (Å²) >= 11 is 0. The highest BCUT2D eigenvalue weighted by Crippen LogP contribution is 2.40. The van der Waals surface area contributed by atoms with E-state index in [9.17, 15) is 14.7 Å². The number of methoxy groups -OCH3 is 2. The Hall–Kier alpha value is -3.54. The maximum Gasteiger partial charge on any atom is 0.295 e. The number of carbonyl (C=O) groups is 2. The van der Waals surface area contributed by atoms with Gasteiger partial charge in [-0.3, -0.25) is 9.59 Å². The summed E-state index contributed by atoms with van der Waals surface area (Å²) in [5, 5.41) is 11.0. The van der Waals surface area contributed by atoms with E-state index < -0.39 is 17.7 Å². The van der Waals surface area contributed by atoms with E-state index in [4.69, 9.17) is 9.47 Å². The summed E-state index contributed by atoms with van der Waals surface area (Å²) in [6.45, 7) is 5.82. The number of rotatable bonds is 6. The fraction of sp³-hybridized carbons (Fsp3) is 0.217. The third-order valence-corrected chi connectivity index (χ3v) is 4.92. The van der Waals surface area contributed by atoms with E-state index in [0.717, 1.165) is 11.1 Å². The van der Waals surface area contributed by atoms with Crippen LogP contribution in [0.25, 0.3) is 5.76 Å². The molecular weight excluding hydrogens is 370 g/mol. The van der Waals surface area contributed by atoms with Gasteiger partial charge in [-0.15, -0.1) is 6.58 Å². The van der Waals surface area contributed by atoms with Crippen LogP contribution in [0.15, 0.2) is 60.7 Å². The van der Waals surface area contributed by atoms with Gasteiger partial charge in [0.15, 0.2) is 11.5 Å². The number of carbonyl (C=O) groups excluding carboxylic acids is 2. The van der Waals surface area contributed by atoms with Crippen LogP contribution in [0.2, 0.25) is 0 Å². The van der Waals surface area contributed by atoms with Gasteiger partial charge in [-0.1, -0.05) is 35.9 Å². The molecule has 2 aromatic rings. The molecule has 1 aliphatic heterocycles. The second-order valence-corrected chi connectivity index (χ2v) is 6.72. The summed E-state index contributed by atoms with van der Waals surface area (Å²) < 4.78 is 10.5. The van der Waals surface area contributed by atoms with Crippen molar-refractivity contribution in [2.75, 3.05) is 20.8 Å². The lowest BCUT2D eigenvalue weighted by molar-refractivity contribution is -0.139. The third kappa shape index (κ3) is 3.61. The molecule has 1 heterocycles. The molecule has 0 spiro atoms. The van der Waals surface area contributed by atoms with Gasteiger partial charge in [0, 0.05) is 12.1 Å². The number of amides is 1. The van der Waals surface area contributed by atoms with Crippen LogP contribution in [0.5, 0.6) is 11.5 Å². The monoisotopic (exact) mass is 393 g/mol. The van der Waals surface area contributed by atoms with Crippen LogP contribution < -0.4 is 9.47 Å². The molecule has 0 bridgehead atoms. The fourth-order valence-corrected chi connectivity index (χ4v) is 3.44. The average Bonchev–Trinajstić information content (AvgIpc) is 2.98. The van der Waals surface area contributed by atoms with E-state index in [-0.39, 0.29) is 17.9 Å². The van der Waals surface area contributed by atoms with E-state index in [0.29, 0.717) is 17.1 Å². The van der Waals surface area contributed by atoms with E-state index in [1.165, 1.54) is 19.1 Å². The van der Waals surface area contributed by atoms with Gasteiger partial charge < -0.3 is 19.5 Å². The summed E-state index contributed by atoms with van der Waals surface area (Å²) in [6.07, 6.45) is 1.56. The van der Waals surface area contributed by atoms with Crippen LogP contribution in [-0.4, -0.2) is 42.5 Å². The van der Waals surface area contributed by atoms with Crippen molar-refractivity contribution in [2.45, 2.75) is 13.0 Å². The van der Waals surface area contributed by atoms with Gasteiger partial charge in [-0.2, -0.15) is 0 Å². The summed E-state index contributed by atoms with van der Waals surface area (Å²) in [5.74, 6) is -0.765. The molecule has 2 aromatic carbocycles. The number of aliphatic hydroxyl groups is 1. The Morgan fingerprint density at radius 2 is 1.76 bits per heavy atom. The van der Waals surface area contributed by atoms with Gasteiger partial charge in [-0.25, -0.2) is 0 Å². The fourth-order valence-electron chi connectivity index (χ4n) is 3.44. The van der Waals surface area contributed by atoms with Crippen LogP contribution >= 0.6 is 0 Å². The second kappa shape index (κ2) is 8.22. The van der Waals surface area contributed by atoms with Crippen molar-refractivity contribution >= 4 is 17.4 Å². The molecule has 3 rings (SSSR count). The molecule has 1 fully saturated rings. The molecule has 1 atom stereocenters. The van der Waals surface area contributed by atoms with Crippen molar-refractivity contribution in [3.05, 3.63) is 77.4 Å². The Bertz CT molecular complexity index is 991. The minimum absolute atomic E-state index is 0.0351. The molecule has 6 nitrogen and oxygen atoms in total. The van der Waals surface area contributed by atoms with Gasteiger partial charge in [0.1, 0.15) is 5.76 Å². The van der Waals surface area contributed by atoms with E-state index >= 15 is 0 Å². The van der Waals surface area contributed by atoms with Crippen LogP contribution in [0.3, 0.4) is 0 Å². The molecule has 0 saturated carbocycles. The predicted molar refractivity (Wildman–Crippen MR) is 110 cm³/mol. The first kappa shape index (κ1) is 20.2. The van der Waals surface area contributed by atoms with Crippen LogP contribution in [0.4, 0.5) is 0 Å². The van der Waals surface area contributed by atoms with Gasteiger partial charge in [0.05, 0.1) is 25.8 Å². The lowest BCUT2D eigenvalue weighted by Gasteiger charge is -2.24. The maximum atomic E-state index is 12.8. The molecule has 1 unspecified atom stereocenters. The molecule has 0 aromatic heterocycles. The zero-order valence-corrected chi connectivity index (χ0v) is 16.6. The third-order valence-electron chi connectivity index (χ3n) is 4.92. The van der Waals surface area contributed by atoms with Gasteiger partial charge in [0.25, 0.3) is 11.7 Å². The van der Waals surface area contributed by atoms with Crippen molar-refractivity contribution in [2.24, 2.45) is 0 Å². The average molecular weight is 393 g/mol. The first-order valence-electron chi connectivity index (χ1n) is 9.11. The Kier molecular flexibility index (Phi) is 5.73. The first-order valence-corrected chi connectivity index (χ1v) is 9.11. The maximum absolute atomic E-state index is 12.8. The molecule has 1 saturated heterocycles. The Morgan fingerprint density at radius 1 is 1.10 bits per heavy atom. The molecule has 1 N–H and O–H groups in total. The zero-order valence-electron chi connectivity index (χ0n) is 16.6. The number of likely N-dealkylation sites (tertiary alicyclic amines) is 1. The van der Waals surface area contributed by atoms with Crippen molar-refractivity contribution < 1.29 is 24.2 Å². The van der Waals surface area contributed by atoms with Gasteiger partial charge in [-0.05, 0) is 30.7 Å². The molecule has 1 aliphatic rings. The minimum Gasteiger partial charge on any atom is -0.507 e. The number of ketones is 1. The summed E-state index contributed by atoms with van der Waals surface area (Å²) in [5.41, 5.74) is 2.18. The molecule has 150 valence electrons. The number of benzene rings is 2. The number of nitrogens with zero attached hydrogens (tertiary/aromatic N) is 1. The van der Waals surface area contributed by atoms with Gasteiger partial charge >= 0.3 is 0 Å². The number of Topliss-reactive ketones (excluding diaryl/α,β-unsaturated/α-hetero) is 1. The lowest BCUT2D eigenvalue weighted by atomic mass is 9.94. The Balaban J connectivity index is 2.19. The lowest BCUT2D eigenvalue weighted by Crippen LogP contribution is -2.29. The van der Waals surface area contributed by atoms with E-state index in [1.807, 2.05) is 31.2 Å². The molecule has 1 amide bonds. The van der Waals surface area contributed by atoms with Crippen LogP contribution in [0.1, 0.15) is 22.7 Å². The highest BCUT2D eigenvalue weighted by Gasteiger charge is 2.45. The molecule has 0 radical (unpaired) electrons. The minimum atomic E-state index is -0.732. The van der Waals surface area contributed by atoms with E-state index in [2.05, 4.69) is 6.58 Å². The SMILES string of the molecule is C=CCN1C(=O)C(=O)/C(=C(/O)c2ccc(OC)c(OC)c2)C1c1ccc(C)cc1. The molecule has 29 heavy (non-hydrogen) atoms. The largest absolute Gasteiger partial charge is 0.507 e. The zero-order chi connectivity index (χ0) is 21.1. The van der Waals surface area contributed by atoms with Gasteiger partial charge in [0.2, 0.25) is 0 Å². The summed E-state index contributed by atoms with van der Waals surface area (Å²) in [4.78, 5) is 26.9. The quantitative estimate of drug-likeness (QED) is 0.351. The summed E-state index contributed by atoms with van der Waals surface area (Å²) in [6, 6.07) is 11.6. The first-order chi connectivity index (χ1) is 13.9. The van der Waals surface area contributed by atoms with Crippen LogP contribution in [-0.2, 0) is 9.59 Å². The second-order valence-electron chi connectivity index (χ2n) is 6.72. The van der Waals surface area contributed by atoms with Crippen molar-refractivity contribution in [1.82, 2.24) is 4.90 Å². The van der Waals surface area contributed by atoms with Crippen molar-refractivity contribution in [1.29, 1.82) is 0 Å². The predicted octanol–water partition coefficient (Wildman–Crippen LogP) is 3.62. The number of hydrogen-bond acceptors (Lipinski definition) is 5. The van der Waals surface area contributed by atoms with Crippen molar-refractivity contribution in [3.63, 3.8) is 0 Å². The van der Waals surface area contributed by atoms with Crippen LogP contribution in [0, 0.1) is 6.92 Å². The Labute approximate surface area is 169 Å².